The number of likely N-dealkylation sites (N-methyl/N-ethyl adjacent to an activating group) is 1. The van der Waals surface area contributed by atoms with E-state index >= 15 is 0 Å². The first kappa shape index (κ1) is 16.7. The third-order valence-electron chi connectivity index (χ3n) is 3.65. The van der Waals surface area contributed by atoms with E-state index in [-0.39, 0.29) is 0 Å². The molecule has 4 heteroatoms. The summed E-state index contributed by atoms with van der Waals surface area (Å²) >= 11 is 0. The van der Waals surface area contributed by atoms with Crippen molar-refractivity contribution in [2.75, 3.05) is 27.3 Å². The molecule has 20 heavy (non-hydrogen) atoms. The van der Waals surface area contributed by atoms with Crippen molar-refractivity contribution in [3.8, 4) is 0 Å². The lowest BCUT2D eigenvalue weighted by molar-refractivity contribution is 0.0693. The Balaban J connectivity index is 2.69. The van der Waals surface area contributed by atoms with Crippen LogP contribution in [0.1, 0.15) is 29.8 Å². The average molecular weight is 279 g/mol. The van der Waals surface area contributed by atoms with Gasteiger partial charge in [0.15, 0.2) is 0 Å². The van der Waals surface area contributed by atoms with Gasteiger partial charge in [0.05, 0.1) is 12.2 Å². The van der Waals surface area contributed by atoms with Crippen LogP contribution in [0.3, 0.4) is 0 Å². The fraction of sp³-hybridized carbons (Fsp3) is 0.562. The Labute approximate surface area is 121 Å². The molecular weight excluding hydrogens is 254 g/mol. The molecule has 0 heterocycles. The van der Waals surface area contributed by atoms with Crippen molar-refractivity contribution in [3.05, 3.63) is 35.4 Å². The number of hydrogen-bond donors (Lipinski definition) is 1. The highest BCUT2D eigenvalue weighted by atomic mass is 16.5. The predicted octanol–water partition coefficient (Wildman–Crippen LogP) is 2.53. The standard InChI is InChI=1S/C16H25NO3/c1-12(2)15(11-20-4)17(3)10-9-13-7-5-6-8-14(13)16(18)19/h5-8,12,15H,9-11H2,1-4H3,(H,18,19). The number of carboxylic acid groups (broad SMARTS) is 1. The summed E-state index contributed by atoms with van der Waals surface area (Å²) in [5, 5.41) is 9.18. The van der Waals surface area contributed by atoms with Gasteiger partial charge in [-0.25, -0.2) is 4.79 Å². The summed E-state index contributed by atoms with van der Waals surface area (Å²) in [5.41, 5.74) is 1.28. The second-order valence-corrected chi connectivity index (χ2v) is 5.46. The fourth-order valence-corrected chi connectivity index (χ4v) is 2.41. The summed E-state index contributed by atoms with van der Waals surface area (Å²) in [6, 6.07) is 7.54. The molecule has 1 aromatic rings. The molecule has 1 N–H and O–H groups in total. The molecule has 0 spiro atoms. The first-order valence-corrected chi connectivity index (χ1v) is 6.97. The molecule has 0 fully saturated rings. The molecule has 112 valence electrons. The zero-order valence-corrected chi connectivity index (χ0v) is 12.8. The molecule has 0 aromatic heterocycles. The summed E-state index contributed by atoms with van der Waals surface area (Å²) in [6.45, 7) is 5.85. The van der Waals surface area contributed by atoms with Gasteiger partial charge in [-0.1, -0.05) is 32.0 Å². The van der Waals surface area contributed by atoms with Crippen LogP contribution in [0.15, 0.2) is 24.3 Å². The normalized spacial score (nSPS) is 12.9. The van der Waals surface area contributed by atoms with E-state index in [2.05, 4.69) is 25.8 Å². The Bertz CT molecular complexity index is 431. The van der Waals surface area contributed by atoms with E-state index in [1.165, 1.54) is 0 Å². The van der Waals surface area contributed by atoms with Crippen LogP contribution >= 0.6 is 0 Å². The zero-order chi connectivity index (χ0) is 15.1. The van der Waals surface area contributed by atoms with E-state index in [4.69, 9.17) is 4.74 Å². The third-order valence-corrected chi connectivity index (χ3v) is 3.65. The van der Waals surface area contributed by atoms with Crippen LogP contribution < -0.4 is 0 Å². The van der Waals surface area contributed by atoms with E-state index in [1.54, 1.807) is 19.2 Å². The summed E-state index contributed by atoms with van der Waals surface area (Å²) < 4.78 is 5.26. The minimum atomic E-state index is -0.861. The Kier molecular flexibility index (Phi) is 6.68. The van der Waals surface area contributed by atoms with E-state index in [0.717, 1.165) is 18.5 Å². The quantitative estimate of drug-likeness (QED) is 0.794. The Morgan fingerprint density at radius 2 is 2.00 bits per heavy atom. The number of carboxylic acids is 1. The zero-order valence-electron chi connectivity index (χ0n) is 12.8. The smallest absolute Gasteiger partial charge is 0.335 e. The molecule has 0 saturated carbocycles. The molecule has 1 atom stereocenters. The van der Waals surface area contributed by atoms with Crippen LogP contribution in [0.2, 0.25) is 0 Å². The van der Waals surface area contributed by atoms with Gasteiger partial charge in [0, 0.05) is 19.7 Å². The van der Waals surface area contributed by atoms with Gasteiger partial charge in [0.25, 0.3) is 0 Å². The molecule has 0 aliphatic heterocycles. The van der Waals surface area contributed by atoms with Crippen LogP contribution in [-0.2, 0) is 11.2 Å². The lowest BCUT2D eigenvalue weighted by Crippen LogP contribution is -2.40. The topological polar surface area (TPSA) is 49.8 Å². The molecule has 0 aliphatic rings. The van der Waals surface area contributed by atoms with Gasteiger partial charge < -0.3 is 14.7 Å². The molecule has 1 unspecified atom stereocenters. The Hall–Kier alpha value is -1.39. The molecule has 0 saturated heterocycles. The van der Waals surface area contributed by atoms with Gasteiger partial charge in [0.1, 0.15) is 0 Å². The number of nitrogens with zero attached hydrogens (tertiary/aromatic N) is 1. The largest absolute Gasteiger partial charge is 0.478 e. The Morgan fingerprint density at radius 1 is 1.35 bits per heavy atom. The van der Waals surface area contributed by atoms with Crippen molar-refractivity contribution in [2.24, 2.45) is 5.92 Å². The van der Waals surface area contributed by atoms with Crippen LogP contribution in [-0.4, -0.2) is 49.3 Å². The monoisotopic (exact) mass is 279 g/mol. The van der Waals surface area contributed by atoms with Crippen LogP contribution in [0.5, 0.6) is 0 Å². The highest BCUT2D eigenvalue weighted by Crippen LogP contribution is 2.13. The number of aromatic carboxylic acids is 1. The van der Waals surface area contributed by atoms with Gasteiger partial charge in [-0.15, -0.1) is 0 Å². The van der Waals surface area contributed by atoms with Gasteiger partial charge >= 0.3 is 5.97 Å². The molecule has 0 aliphatic carbocycles. The van der Waals surface area contributed by atoms with Gasteiger partial charge in [0.2, 0.25) is 0 Å². The maximum absolute atomic E-state index is 11.2. The molecule has 0 radical (unpaired) electrons. The number of methoxy groups -OCH3 is 1. The number of carbonyl (C=O) groups is 1. The maximum Gasteiger partial charge on any atom is 0.335 e. The molecule has 0 bridgehead atoms. The lowest BCUT2D eigenvalue weighted by Gasteiger charge is -2.30. The van der Waals surface area contributed by atoms with Crippen molar-refractivity contribution in [1.29, 1.82) is 0 Å². The molecule has 1 rings (SSSR count). The number of rotatable bonds is 8. The van der Waals surface area contributed by atoms with Crippen molar-refractivity contribution >= 4 is 5.97 Å². The predicted molar refractivity (Wildman–Crippen MR) is 80.2 cm³/mol. The van der Waals surface area contributed by atoms with E-state index < -0.39 is 5.97 Å². The first-order chi connectivity index (χ1) is 9.47. The summed E-state index contributed by atoms with van der Waals surface area (Å²) in [7, 11) is 3.77. The highest BCUT2D eigenvalue weighted by Gasteiger charge is 2.19. The lowest BCUT2D eigenvalue weighted by atomic mass is 10.0. The fourth-order valence-electron chi connectivity index (χ4n) is 2.41. The summed E-state index contributed by atoms with van der Waals surface area (Å²) in [6.07, 6.45) is 0.728. The van der Waals surface area contributed by atoms with Crippen LogP contribution in [0, 0.1) is 5.92 Å². The van der Waals surface area contributed by atoms with Crippen LogP contribution in [0.4, 0.5) is 0 Å². The minimum absolute atomic E-state index is 0.344. The summed E-state index contributed by atoms with van der Waals surface area (Å²) in [4.78, 5) is 13.4. The van der Waals surface area contributed by atoms with E-state index in [0.29, 0.717) is 24.1 Å². The molecular formula is C16H25NO3. The van der Waals surface area contributed by atoms with Crippen molar-refractivity contribution < 1.29 is 14.6 Å². The third kappa shape index (κ3) is 4.62. The van der Waals surface area contributed by atoms with Gasteiger partial charge in [-0.3, -0.25) is 0 Å². The van der Waals surface area contributed by atoms with Gasteiger partial charge in [-0.05, 0) is 31.0 Å². The Morgan fingerprint density at radius 3 is 2.55 bits per heavy atom. The summed E-state index contributed by atoms with van der Waals surface area (Å²) in [5.74, 6) is -0.366. The minimum Gasteiger partial charge on any atom is -0.478 e. The first-order valence-electron chi connectivity index (χ1n) is 6.97. The maximum atomic E-state index is 11.2. The number of benzene rings is 1. The number of ether oxygens (including phenoxy) is 1. The van der Waals surface area contributed by atoms with Gasteiger partial charge in [-0.2, -0.15) is 0 Å². The second-order valence-electron chi connectivity index (χ2n) is 5.46. The molecule has 4 nitrogen and oxygen atoms in total. The van der Waals surface area contributed by atoms with Crippen molar-refractivity contribution in [3.63, 3.8) is 0 Å². The van der Waals surface area contributed by atoms with Crippen molar-refractivity contribution in [2.45, 2.75) is 26.3 Å². The van der Waals surface area contributed by atoms with E-state index in [9.17, 15) is 9.90 Å². The second kappa shape index (κ2) is 8.02. The molecule has 0 amide bonds. The van der Waals surface area contributed by atoms with Crippen LogP contribution in [0.25, 0.3) is 0 Å². The van der Waals surface area contributed by atoms with E-state index in [1.807, 2.05) is 12.1 Å². The molecule has 1 aromatic carbocycles. The average Bonchev–Trinajstić information content (AvgIpc) is 2.42. The number of hydrogen-bond acceptors (Lipinski definition) is 3. The SMILES string of the molecule is COCC(C(C)C)N(C)CCc1ccccc1C(=O)O. The van der Waals surface area contributed by atoms with Crippen molar-refractivity contribution in [1.82, 2.24) is 4.90 Å². The highest BCUT2D eigenvalue weighted by molar-refractivity contribution is 5.89.